The first-order valence-corrected chi connectivity index (χ1v) is 11.0. The van der Waals surface area contributed by atoms with Crippen LogP contribution in [0.2, 0.25) is 0 Å². The summed E-state index contributed by atoms with van der Waals surface area (Å²) in [4.78, 5) is 12.6. The van der Waals surface area contributed by atoms with Crippen molar-refractivity contribution in [1.82, 2.24) is 14.9 Å². The molecule has 2 heterocycles. The van der Waals surface area contributed by atoms with Crippen molar-refractivity contribution < 1.29 is 9.84 Å². The Hall–Kier alpha value is -2.97. The first kappa shape index (κ1) is 19.4. The van der Waals surface area contributed by atoms with Gasteiger partial charge in [0.25, 0.3) is 10.0 Å². The van der Waals surface area contributed by atoms with Crippen molar-refractivity contribution in [1.29, 1.82) is 0 Å². The summed E-state index contributed by atoms with van der Waals surface area (Å²) in [5.41, 5.74) is 2.36. The number of benzene rings is 2. The molecular weight excluding hydrogens is 386 g/mol. The molecular formula is C21H25N5O2S. The van der Waals surface area contributed by atoms with Gasteiger partial charge in [-0.15, -0.1) is 0 Å². The molecule has 0 aliphatic carbocycles. The van der Waals surface area contributed by atoms with Gasteiger partial charge in [-0.3, -0.25) is 9.62 Å². The molecule has 1 aliphatic heterocycles. The van der Waals surface area contributed by atoms with Crippen molar-refractivity contribution in [2.24, 2.45) is 0 Å². The molecule has 1 fully saturated rings. The molecule has 3 aromatic rings. The second-order valence-corrected chi connectivity index (χ2v) is 8.63. The second-order valence-electron chi connectivity index (χ2n) is 6.94. The number of hydrogen-bond acceptors (Lipinski definition) is 6. The maximum absolute atomic E-state index is 12.5. The fraction of sp³-hybridized carbons (Fsp3) is 0.238. The average Bonchev–Trinajstić information content (AvgIpc) is 2.76. The standard InChI is InChI=1S/C21H23N5O2S.H2/c27-29(28,24-21-10-11-22-17-23-21)20-8-6-19(7-9-20)26-14-12-25(13-15-26)16-18-4-2-1-3-5-18;/h1-11,17H,12-16H2,(H,22,23,24);1H. The summed E-state index contributed by atoms with van der Waals surface area (Å²) in [6, 6.07) is 19.0. The highest BCUT2D eigenvalue weighted by Crippen LogP contribution is 2.21. The van der Waals surface area contributed by atoms with Gasteiger partial charge in [0, 0.05) is 46.0 Å². The molecule has 1 saturated heterocycles. The van der Waals surface area contributed by atoms with Crippen LogP contribution in [0.1, 0.15) is 6.99 Å². The monoisotopic (exact) mass is 411 g/mol. The number of nitrogens with one attached hydrogen (secondary N) is 1. The van der Waals surface area contributed by atoms with Gasteiger partial charge in [0.2, 0.25) is 0 Å². The molecule has 2 aromatic carbocycles. The minimum absolute atomic E-state index is 0. The second kappa shape index (κ2) is 8.59. The van der Waals surface area contributed by atoms with Crippen molar-refractivity contribution in [3.8, 4) is 0 Å². The molecule has 0 spiro atoms. The quantitative estimate of drug-likeness (QED) is 0.672. The van der Waals surface area contributed by atoms with Crippen molar-refractivity contribution in [3.05, 3.63) is 78.8 Å². The zero-order chi connectivity index (χ0) is 20.1. The van der Waals surface area contributed by atoms with Crippen molar-refractivity contribution in [2.45, 2.75) is 11.4 Å². The van der Waals surface area contributed by atoms with E-state index in [1.165, 1.54) is 24.2 Å². The number of nitrogens with zero attached hydrogens (tertiary/aromatic N) is 4. The van der Waals surface area contributed by atoms with E-state index < -0.39 is 10.0 Å². The highest BCUT2D eigenvalue weighted by atomic mass is 32.2. The normalized spacial score (nSPS) is 15.2. The summed E-state index contributed by atoms with van der Waals surface area (Å²) >= 11 is 0. The summed E-state index contributed by atoms with van der Waals surface area (Å²) in [7, 11) is -3.67. The minimum Gasteiger partial charge on any atom is -0.369 e. The first-order valence-electron chi connectivity index (χ1n) is 9.50. The van der Waals surface area contributed by atoms with Gasteiger partial charge in [0.15, 0.2) is 0 Å². The van der Waals surface area contributed by atoms with Gasteiger partial charge in [0.05, 0.1) is 4.90 Å². The number of rotatable bonds is 6. The number of piperazine rings is 1. The molecule has 0 amide bonds. The number of aromatic nitrogens is 2. The molecule has 0 unspecified atom stereocenters. The van der Waals surface area contributed by atoms with Crippen LogP contribution in [0.5, 0.6) is 0 Å². The lowest BCUT2D eigenvalue weighted by Gasteiger charge is -2.36. The average molecular weight is 412 g/mol. The SMILES string of the molecule is O=S(=O)(Nc1ccncn1)c1ccc(N2CCN(Cc3ccccc3)CC2)cc1.[HH]. The molecule has 0 atom stereocenters. The predicted octanol–water partition coefficient (Wildman–Crippen LogP) is 2.85. The molecule has 1 N–H and O–H groups in total. The highest BCUT2D eigenvalue weighted by molar-refractivity contribution is 7.92. The Bertz CT molecular complexity index is 1030. The van der Waals surface area contributed by atoms with Gasteiger partial charge in [0.1, 0.15) is 12.1 Å². The van der Waals surface area contributed by atoms with Crippen LogP contribution in [0, 0.1) is 0 Å². The van der Waals surface area contributed by atoms with E-state index in [0.29, 0.717) is 0 Å². The van der Waals surface area contributed by atoms with Gasteiger partial charge in [-0.1, -0.05) is 30.3 Å². The van der Waals surface area contributed by atoms with Gasteiger partial charge in [-0.25, -0.2) is 18.4 Å². The van der Waals surface area contributed by atoms with Crippen LogP contribution in [-0.4, -0.2) is 49.5 Å². The van der Waals surface area contributed by atoms with Crippen LogP contribution >= 0.6 is 0 Å². The Labute approximate surface area is 172 Å². The van der Waals surface area contributed by atoms with E-state index in [4.69, 9.17) is 0 Å². The maximum atomic E-state index is 12.5. The van der Waals surface area contributed by atoms with Crippen molar-refractivity contribution >= 4 is 21.5 Å². The van der Waals surface area contributed by atoms with Gasteiger partial charge >= 0.3 is 0 Å². The van der Waals surface area contributed by atoms with E-state index in [1.807, 2.05) is 18.2 Å². The lowest BCUT2D eigenvalue weighted by molar-refractivity contribution is 0.250. The third kappa shape index (κ3) is 4.90. The lowest BCUT2D eigenvalue weighted by Crippen LogP contribution is -2.45. The van der Waals surface area contributed by atoms with Crippen molar-refractivity contribution in [3.63, 3.8) is 0 Å². The Morgan fingerprint density at radius 1 is 0.931 bits per heavy atom. The van der Waals surface area contributed by atoms with E-state index in [1.54, 1.807) is 12.1 Å². The van der Waals surface area contributed by atoms with Crippen LogP contribution in [0.4, 0.5) is 11.5 Å². The molecule has 1 aliphatic rings. The topological polar surface area (TPSA) is 78.4 Å². The zero-order valence-corrected chi connectivity index (χ0v) is 16.8. The molecule has 0 radical (unpaired) electrons. The summed E-state index contributed by atoms with van der Waals surface area (Å²) in [6.07, 6.45) is 2.80. The Kier molecular flexibility index (Phi) is 5.73. The van der Waals surface area contributed by atoms with Crippen LogP contribution in [0.25, 0.3) is 0 Å². The fourth-order valence-corrected chi connectivity index (χ4v) is 4.40. The first-order chi connectivity index (χ1) is 14.1. The summed E-state index contributed by atoms with van der Waals surface area (Å²) in [6.45, 7) is 4.74. The lowest BCUT2D eigenvalue weighted by atomic mass is 10.2. The Morgan fingerprint density at radius 3 is 2.31 bits per heavy atom. The van der Waals surface area contributed by atoms with Crippen molar-refractivity contribution in [2.75, 3.05) is 35.8 Å². The summed E-state index contributed by atoms with van der Waals surface area (Å²) in [5, 5.41) is 0. The highest BCUT2D eigenvalue weighted by Gasteiger charge is 2.19. The fourth-order valence-electron chi connectivity index (χ4n) is 3.39. The van der Waals surface area contributed by atoms with Crippen LogP contribution < -0.4 is 9.62 Å². The van der Waals surface area contributed by atoms with Crippen LogP contribution in [0.15, 0.2) is 78.1 Å². The van der Waals surface area contributed by atoms with Gasteiger partial charge < -0.3 is 4.90 Å². The van der Waals surface area contributed by atoms with Crippen LogP contribution in [-0.2, 0) is 16.6 Å². The third-order valence-corrected chi connectivity index (χ3v) is 6.32. The summed E-state index contributed by atoms with van der Waals surface area (Å²) in [5.74, 6) is 0.249. The largest absolute Gasteiger partial charge is 0.369 e. The summed E-state index contributed by atoms with van der Waals surface area (Å²) < 4.78 is 27.5. The van der Waals surface area contributed by atoms with E-state index in [-0.39, 0.29) is 12.1 Å². The third-order valence-electron chi connectivity index (χ3n) is 4.95. The van der Waals surface area contributed by atoms with E-state index in [2.05, 4.69) is 48.8 Å². The minimum atomic E-state index is -3.67. The smallest absolute Gasteiger partial charge is 0.263 e. The molecule has 4 rings (SSSR count). The predicted molar refractivity (Wildman–Crippen MR) is 115 cm³/mol. The molecule has 0 saturated carbocycles. The number of hydrogen-bond donors (Lipinski definition) is 1. The van der Waals surface area contributed by atoms with Gasteiger partial charge in [-0.05, 0) is 35.9 Å². The van der Waals surface area contributed by atoms with Crippen LogP contribution in [0.3, 0.4) is 0 Å². The number of sulfonamides is 1. The van der Waals surface area contributed by atoms with Gasteiger partial charge in [-0.2, -0.15) is 0 Å². The molecule has 29 heavy (non-hydrogen) atoms. The molecule has 7 nitrogen and oxygen atoms in total. The molecule has 1 aromatic heterocycles. The molecule has 0 bridgehead atoms. The van der Waals surface area contributed by atoms with E-state index in [9.17, 15) is 8.42 Å². The Balaban J connectivity index is 0.00000256. The maximum Gasteiger partial charge on any atom is 0.263 e. The van der Waals surface area contributed by atoms with E-state index in [0.717, 1.165) is 38.4 Å². The Morgan fingerprint density at radius 2 is 1.66 bits per heavy atom. The zero-order valence-electron chi connectivity index (χ0n) is 16.0. The molecule has 152 valence electrons. The van der Waals surface area contributed by atoms with E-state index >= 15 is 0 Å². The molecule has 8 heteroatoms. The number of anilines is 2.